The molecule has 2 nitrogen and oxygen atoms in total. The summed E-state index contributed by atoms with van der Waals surface area (Å²) in [6, 6.07) is 0. The summed E-state index contributed by atoms with van der Waals surface area (Å²) in [5, 5.41) is 9.97. The Morgan fingerprint density at radius 2 is 2.09 bits per heavy atom. The van der Waals surface area contributed by atoms with E-state index in [1.807, 2.05) is 0 Å². The van der Waals surface area contributed by atoms with Crippen molar-refractivity contribution < 1.29 is 5.11 Å². The molecule has 0 rings (SSSR count). The third-order valence-corrected chi connectivity index (χ3v) is 2.38. The lowest BCUT2D eigenvalue weighted by molar-refractivity contribution is 0.134. The highest BCUT2D eigenvalue weighted by molar-refractivity contribution is 9.09. The standard InChI is InChI=1S/C8H18BrNO/c1-3-5-10(4-2)7-8(11)6-9/h8,11H,3-7H2,1-2H3. The summed E-state index contributed by atoms with van der Waals surface area (Å²) in [5.74, 6) is 0. The van der Waals surface area contributed by atoms with Crippen molar-refractivity contribution in [2.24, 2.45) is 0 Å². The van der Waals surface area contributed by atoms with Crippen molar-refractivity contribution in [2.75, 3.05) is 25.0 Å². The summed E-state index contributed by atoms with van der Waals surface area (Å²) >= 11 is 3.25. The molecule has 3 heteroatoms. The van der Waals surface area contributed by atoms with Gasteiger partial charge in [0.1, 0.15) is 0 Å². The first-order chi connectivity index (χ1) is 5.24. The Balaban J connectivity index is 3.49. The minimum atomic E-state index is -0.221. The topological polar surface area (TPSA) is 23.5 Å². The number of alkyl halides is 1. The van der Waals surface area contributed by atoms with E-state index < -0.39 is 0 Å². The van der Waals surface area contributed by atoms with Crippen LogP contribution in [0.4, 0.5) is 0 Å². The Labute approximate surface area is 77.7 Å². The van der Waals surface area contributed by atoms with Crippen LogP contribution in [0.2, 0.25) is 0 Å². The van der Waals surface area contributed by atoms with E-state index >= 15 is 0 Å². The largest absolute Gasteiger partial charge is 0.391 e. The zero-order valence-corrected chi connectivity index (χ0v) is 8.97. The maximum Gasteiger partial charge on any atom is 0.0763 e. The van der Waals surface area contributed by atoms with Gasteiger partial charge >= 0.3 is 0 Å². The van der Waals surface area contributed by atoms with Crippen LogP contribution in [-0.2, 0) is 0 Å². The molecule has 68 valence electrons. The minimum absolute atomic E-state index is 0.221. The summed E-state index contributed by atoms with van der Waals surface area (Å²) in [4.78, 5) is 2.26. The van der Waals surface area contributed by atoms with Crippen LogP contribution < -0.4 is 0 Å². The molecule has 0 spiro atoms. The average molecular weight is 224 g/mol. The molecule has 0 aliphatic rings. The molecule has 1 atom stereocenters. The Hall–Kier alpha value is 0.400. The monoisotopic (exact) mass is 223 g/mol. The molecule has 0 bridgehead atoms. The van der Waals surface area contributed by atoms with E-state index in [1.165, 1.54) is 0 Å². The zero-order valence-electron chi connectivity index (χ0n) is 7.39. The van der Waals surface area contributed by atoms with Gasteiger partial charge in [-0.2, -0.15) is 0 Å². The molecule has 0 saturated heterocycles. The molecule has 0 saturated carbocycles. The van der Waals surface area contributed by atoms with Gasteiger partial charge in [0.05, 0.1) is 6.10 Å². The first-order valence-electron chi connectivity index (χ1n) is 4.20. The number of hydrogen-bond acceptors (Lipinski definition) is 2. The van der Waals surface area contributed by atoms with Crippen molar-refractivity contribution in [3.8, 4) is 0 Å². The smallest absolute Gasteiger partial charge is 0.0763 e. The second-order valence-electron chi connectivity index (χ2n) is 2.70. The molecule has 1 N–H and O–H groups in total. The molecular weight excluding hydrogens is 206 g/mol. The second kappa shape index (κ2) is 7.07. The molecule has 0 heterocycles. The number of aliphatic hydroxyl groups excluding tert-OH is 1. The van der Waals surface area contributed by atoms with Gasteiger partial charge in [-0.1, -0.05) is 29.8 Å². The number of hydrogen-bond donors (Lipinski definition) is 1. The first kappa shape index (κ1) is 11.4. The summed E-state index contributed by atoms with van der Waals surface area (Å²) < 4.78 is 0. The quantitative estimate of drug-likeness (QED) is 0.690. The molecule has 0 aromatic carbocycles. The molecule has 0 aliphatic heterocycles. The number of nitrogens with zero attached hydrogens (tertiary/aromatic N) is 1. The van der Waals surface area contributed by atoms with Crippen LogP contribution in [0.1, 0.15) is 20.3 Å². The van der Waals surface area contributed by atoms with Crippen LogP contribution >= 0.6 is 15.9 Å². The second-order valence-corrected chi connectivity index (χ2v) is 3.35. The highest BCUT2D eigenvalue weighted by atomic mass is 79.9. The van der Waals surface area contributed by atoms with Crippen LogP contribution in [-0.4, -0.2) is 41.1 Å². The summed E-state index contributed by atoms with van der Waals surface area (Å²) in [7, 11) is 0. The maximum atomic E-state index is 9.30. The highest BCUT2D eigenvalue weighted by Gasteiger charge is 2.06. The van der Waals surface area contributed by atoms with Crippen molar-refractivity contribution in [1.82, 2.24) is 4.90 Å². The van der Waals surface area contributed by atoms with Crippen LogP contribution in [0.3, 0.4) is 0 Å². The Morgan fingerprint density at radius 1 is 1.45 bits per heavy atom. The fourth-order valence-electron chi connectivity index (χ4n) is 1.04. The van der Waals surface area contributed by atoms with Gasteiger partial charge in [-0.25, -0.2) is 0 Å². The van der Waals surface area contributed by atoms with Gasteiger partial charge in [-0.3, -0.25) is 0 Å². The van der Waals surface area contributed by atoms with Crippen molar-refractivity contribution in [2.45, 2.75) is 26.4 Å². The van der Waals surface area contributed by atoms with Crippen LogP contribution in [0, 0.1) is 0 Å². The number of halogens is 1. The predicted molar refractivity (Wildman–Crippen MR) is 52.2 cm³/mol. The van der Waals surface area contributed by atoms with Gasteiger partial charge in [-0.15, -0.1) is 0 Å². The number of likely N-dealkylation sites (N-methyl/N-ethyl adjacent to an activating group) is 1. The summed E-state index contributed by atoms with van der Waals surface area (Å²) in [5.41, 5.74) is 0. The van der Waals surface area contributed by atoms with Crippen molar-refractivity contribution in [3.63, 3.8) is 0 Å². The fourth-order valence-corrected chi connectivity index (χ4v) is 1.25. The molecule has 0 fully saturated rings. The van der Waals surface area contributed by atoms with Crippen molar-refractivity contribution >= 4 is 15.9 Å². The minimum Gasteiger partial charge on any atom is -0.391 e. The van der Waals surface area contributed by atoms with E-state index in [4.69, 9.17) is 0 Å². The normalized spacial score (nSPS) is 13.9. The third kappa shape index (κ3) is 5.65. The van der Waals surface area contributed by atoms with E-state index in [2.05, 4.69) is 34.7 Å². The van der Waals surface area contributed by atoms with Crippen molar-refractivity contribution in [1.29, 1.82) is 0 Å². The Morgan fingerprint density at radius 3 is 2.45 bits per heavy atom. The van der Waals surface area contributed by atoms with Crippen LogP contribution in [0.15, 0.2) is 0 Å². The average Bonchev–Trinajstić information content (AvgIpc) is 2.03. The molecule has 0 aliphatic carbocycles. The number of rotatable bonds is 6. The molecule has 0 radical (unpaired) electrons. The third-order valence-electron chi connectivity index (χ3n) is 1.63. The molecule has 0 aromatic heterocycles. The van der Waals surface area contributed by atoms with Gasteiger partial charge in [0.15, 0.2) is 0 Å². The van der Waals surface area contributed by atoms with E-state index in [0.717, 1.165) is 26.1 Å². The predicted octanol–water partition coefficient (Wildman–Crippen LogP) is 1.47. The lowest BCUT2D eigenvalue weighted by atomic mass is 10.3. The van der Waals surface area contributed by atoms with Crippen molar-refractivity contribution in [3.05, 3.63) is 0 Å². The first-order valence-corrected chi connectivity index (χ1v) is 5.33. The molecule has 1 unspecified atom stereocenters. The fraction of sp³-hybridized carbons (Fsp3) is 1.00. The lowest BCUT2D eigenvalue weighted by Crippen LogP contribution is -2.33. The van der Waals surface area contributed by atoms with Gasteiger partial charge < -0.3 is 10.0 Å². The van der Waals surface area contributed by atoms with Gasteiger partial charge in [-0.05, 0) is 19.5 Å². The Kier molecular flexibility index (Phi) is 7.33. The van der Waals surface area contributed by atoms with E-state index in [9.17, 15) is 5.11 Å². The molecular formula is C8H18BrNO. The van der Waals surface area contributed by atoms with E-state index in [0.29, 0.717) is 5.33 Å². The molecule has 0 aromatic rings. The van der Waals surface area contributed by atoms with Gasteiger partial charge in [0, 0.05) is 11.9 Å². The Bertz CT molecular complexity index is 90.2. The molecule has 0 amide bonds. The van der Waals surface area contributed by atoms with E-state index in [-0.39, 0.29) is 6.10 Å². The van der Waals surface area contributed by atoms with Gasteiger partial charge in [0.25, 0.3) is 0 Å². The lowest BCUT2D eigenvalue weighted by Gasteiger charge is -2.21. The summed E-state index contributed by atoms with van der Waals surface area (Å²) in [6.07, 6.45) is 0.935. The zero-order chi connectivity index (χ0) is 8.69. The molecule has 11 heavy (non-hydrogen) atoms. The van der Waals surface area contributed by atoms with Crippen LogP contribution in [0.5, 0.6) is 0 Å². The highest BCUT2D eigenvalue weighted by Crippen LogP contribution is 1.96. The SMILES string of the molecule is CCCN(CC)CC(O)CBr. The number of aliphatic hydroxyl groups is 1. The summed E-state index contributed by atoms with van der Waals surface area (Å²) in [6.45, 7) is 7.17. The van der Waals surface area contributed by atoms with Gasteiger partial charge in [0.2, 0.25) is 0 Å². The maximum absolute atomic E-state index is 9.30. The van der Waals surface area contributed by atoms with Crippen LogP contribution in [0.25, 0.3) is 0 Å². The van der Waals surface area contributed by atoms with E-state index in [1.54, 1.807) is 0 Å².